The van der Waals surface area contributed by atoms with Crippen molar-refractivity contribution in [2.75, 3.05) is 12.0 Å². The second-order valence-corrected chi connectivity index (χ2v) is 2.78. The highest BCUT2D eigenvalue weighted by atomic mass is 32.2. The van der Waals surface area contributed by atoms with Gasteiger partial charge in [-0.05, 0) is 18.4 Å². The lowest BCUT2D eigenvalue weighted by molar-refractivity contribution is -0.119. The summed E-state index contributed by atoms with van der Waals surface area (Å²) in [6, 6.07) is -0.461. The molecule has 0 aromatic heterocycles. The SMILES string of the molecule is CSCC[C@@H](N)C(N)=O. The molecule has 0 heterocycles. The highest BCUT2D eigenvalue weighted by Gasteiger charge is 2.06. The van der Waals surface area contributed by atoms with Crippen LogP contribution in [0, 0.1) is 0 Å². The fraction of sp³-hybridized carbons (Fsp3) is 0.800. The zero-order valence-electron chi connectivity index (χ0n) is 5.46. The monoisotopic (exact) mass is 148 g/mol. The molecule has 0 unspecified atom stereocenters. The normalized spacial score (nSPS) is 13.1. The van der Waals surface area contributed by atoms with Crippen LogP contribution < -0.4 is 11.5 Å². The van der Waals surface area contributed by atoms with Crippen LogP contribution in [0.5, 0.6) is 0 Å². The zero-order chi connectivity index (χ0) is 7.28. The Hall–Kier alpha value is -0.220. The summed E-state index contributed by atoms with van der Waals surface area (Å²) < 4.78 is 0. The molecule has 1 amide bonds. The molecule has 0 aromatic carbocycles. The van der Waals surface area contributed by atoms with E-state index in [0.717, 1.165) is 5.75 Å². The summed E-state index contributed by atoms with van der Waals surface area (Å²) >= 11 is 1.66. The van der Waals surface area contributed by atoms with Gasteiger partial charge >= 0.3 is 0 Å². The minimum absolute atomic E-state index is 0.413. The average Bonchev–Trinajstić information content (AvgIpc) is 1.82. The molecule has 54 valence electrons. The molecule has 3 nitrogen and oxygen atoms in total. The molecule has 9 heavy (non-hydrogen) atoms. The molecule has 0 aromatic rings. The molecule has 0 rings (SSSR count). The van der Waals surface area contributed by atoms with Gasteiger partial charge in [-0.2, -0.15) is 11.8 Å². The third-order valence-corrected chi connectivity index (χ3v) is 1.64. The molecule has 0 radical (unpaired) electrons. The first kappa shape index (κ1) is 8.78. The molecule has 4 heteroatoms. The molecule has 4 N–H and O–H groups in total. The maximum absolute atomic E-state index is 10.3. The number of carbonyl (C=O) groups is 1. The minimum Gasteiger partial charge on any atom is -0.368 e. The van der Waals surface area contributed by atoms with Crippen molar-refractivity contribution in [3.05, 3.63) is 0 Å². The molecule has 0 fully saturated rings. The van der Waals surface area contributed by atoms with E-state index in [1.54, 1.807) is 11.8 Å². The van der Waals surface area contributed by atoms with E-state index in [2.05, 4.69) is 0 Å². The van der Waals surface area contributed by atoms with Crippen molar-refractivity contribution in [3.63, 3.8) is 0 Å². The van der Waals surface area contributed by atoms with Gasteiger partial charge in [0.15, 0.2) is 0 Å². The summed E-state index contributed by atoms with van der Waals surface area (Å²) in [4.78, 5) is 10.3. The maximum atomic E-state index is 10.3. The Kier molecular flexibility index (Phi) is 4.53. The van der Waals surface area contributed by atoms with Crippen LogP contribution in [0.25, 0.3) is 0 Å². The molecule has 0 spiro atoms. The highest BCUT2D eigenvalue weighted by Crippen LogP contribution is 1.97. The van der Waals surface area contributed by atoms with Gasteiger partial charge in [-0.25, -0.2) is 0 Å². The molecule has 1 atom stereocenters. The van der Waals surface area contributed by atoms with Gasteiger partial charge in [0.1, 0.15) is 0 Å². The van der Waals surface area contributed by atoms with Gasteiger partial charge in [0, 0.05) is 0 Å². The van der Waals surface area contributed by atoms with Crippen molar-refractivity contribution >= 4 is 17.7 Å². The van der Waals surface area contributed by atoms with Gasteiger partial charge in [0.2, 0.25) is 5.91 Å². The van der Waals surface area contributed by atoms with E-state index in [-0.39, 0.29) is 0 Å². The smallest absolute Gasteiger partial charge is 0.234 e. The number of hydrogen-bond acceptors (Lipinski definition) is 3. The van der Waals surface area contributed by atoms with E-state index in [4.69, 9.17) is 11.5 Å². The molecular formula is C5H12N2OS. The Labute approximate surface area is 59.2 Å². The Morgan fingerprint density at radius 3 is 2.67 bits per heavy atom. The minimum atomic E-state index is -0.461. The standard InChI is InChI=1S/C5H12N2OS/c1-9-3-2-4(6)5(7)8/h4H,2-3,6H2,1H3,(H2,7,8)/t4-/m1/s1. The summed E-state index contributed by atoms with van der Waals surface area (Å²) in [5, 5.41) is 0. The second kappa shape index (κ2) is 4.64. The number of thioether (sulfide) groups is 1. The van der Waals surface area contributed by atoms with Gasteiger partial charge in [-0.15, -0.1) is 0 Å². The first-order chi connectivity index (χ1) is 4.18. The number of nitrogens with two attached hydrogens (primary N) is 2. The van der Waals surface area contributed by atoms with Gasteiger partial charge in [0.25, 0.3) is 0 Å². The number of hydrogen-bond donors (Lipinski definition) is 2. The third kappa shape index (κ3) is 4.29. The number of carbonyl (C=O) groups excluding carboxylic acids is 1. The van der Waals surface area contributed by atoms with Crippen LogP contribution >= 0.6 is 11.8 Å². The van der Waals surface area contributed by atoms with Crippen molar-refractivity contribution in [2.45, 2.75) is 12.5 Å². The van der Waals surface area contributed by atoms with E-state index >= 15 is 0 Å². The average molecular weight is 148 g/mol. The van der Waals surface area contributed by atoms with Gasteiger partial charge in [-0.1, -0.05) is 0 Å². The predicted molar refractivity (Wildman–Crippen MR) is 40.2 cm³/mol. The van der Waals surface area contributed by atoms with E-state index in [0.29, 0.717) is 6.42 Å². The van der Waals surface area contributed by atoms with E-state index in [9.17, 15) is 4.79 Å². The summed E-state index contributed by atoms with van der Waals surface area (Å²) in [6.07, 6.45) is 2.64. The summed E-state index contributed by atoms with van der Waals surface area (Å²) in [6.45, 7) is 0. The van der Waals surface area contributed by atoms with Gasteiger partial charge in [-0.3, -0.25) is 4.79 Å². The van der Waals surface area contributed by atoms with Crippen LogP contribution in [0.4, 0.5) is 0 Å². The van der Waals surface area contributed by atoms with Gasteiger partial charge < -0.3 is 11.5 Å². The lowest BCUT2D eigenvalue weighted by atomic mass is 10.2. The van der Waals surface area contributed by atoms with Crippen molar-refractivity contribution in [3.8, 4) is 0 Å². The van der Waals surface area contributed by atoms with Crippen LogP contribution in [0.15, 0.2) is 0 Å². The molecule has 0 saturated carbocycles. The van der Waals surface area contributed by atoms with E-state index in [1.807, 2.05) is 6.26 Å². The van der Waals surface area contributed by atoms with Crippen LogP contribution in [0.1, 0.15) is 6.42 Å². The Bertz CT molecular complexity index is 97.0. The fourth-order valence-corrected chi connectivity index (χ4v) is 0.877. The van der Waals surface area contributed by atoms with Crippen LogP contribution in [0.3, 0.4) is 0 Å². The maximum Gasteiger partial charge on any atom is 0.234 e. The summed E-state index contributed by atoms with van der Waals surface area (Å²) in [7, 11) is 0. The lowest BCUT2D eigenvalue weighted by Crippen LogP contribution is -2.36. The Morgan fingerprint density at radius 2 is 2.33 bits per heavy atom. The van der Waals surface area contributed by atoms with E-state index in [1.165, 1.54) is 0 Å². The number of primary amides is 1. The predicted octanol–water partition coefficient (Wildman–Crippen LogP) is -0.448. The topological polar surface area (TPSA) is 69.1 Å². The van der Waals surface area contributed by atoms with Crippen LogP contribution in [0.2, 0.25) is 0 Å². The van der Waals surface area contributed by atoms with Crippen LogP contribution in [-0.2, 0) is 4.79 Å². The number of rotatable bonds is 4. The molecule has 0 aliphatic heterocycles. The molecular weight excluding hydrogens is 136 g/mol. The Balaban J connectivity index is 3.27. The van der Waals surface area contributed by atoms with Crippen molar-refractivity contribution < 1.29 is 4.79 Å². The van der Waals surface area contributed by atoms with Crippen molar-refractivity contribution in [2.24, 2.45) is 11.5 Å². The molecule has 0 aliphatic carbocycles. The Morgan fingerprint density at radius 1 is 1.78 bits per heavy atom. The molecule has 0 aliphatic rings. The van der Waals surface area contributed by atoms with Gasteiger partial charge in [0.05, 0.1) is 6.04 Å². The van der Waals surface area contributed by atoms with E-state index < -0.39 is 11.9 Å². The van der Waals surface area contributed by atoms with Crippen LogP contribution in [-0.4, -0.2) is 24.0 Å². The largest absolute Gasteiger partial charge is 0.368 e. The first-order valence-electron chi connectivity index (χ1n) is 2.72. The summed E-state index contributed by atoms with van der Waals surface area (Å²) in [5.74, 6) is 0.480. The number of amides is 1. The van der Waals surface area contributed by atoms with Crippen molar-refractivity contribution in [1.29, 1.82) is 0 Å². The molecule has 0 saturated heterocycles. The first-order valence-corrected chi connectivity index (χ1v) is 4.11. The third-order valence-electron chi connectivity index (χ3n) is 0.998. The highest BCUT2D eigenvalue weighted by molar-refractivity contribution is 7.98. The lowest BCUT2D eigenvalue weighted by Gasteiger charge is -2.03. The zero-order valence-corrected chi connectivity index (χ0v) is 6.28. The molecule has 0 bridgehead atoms. The quantitative estimate of drug-likeness (QED) is 0.567. The fourth-order valence-electron chi connectivity index (χ4n) is 0.387. The summed E-state index contributed by atoms with van der Waals surface area (Å²) in [5.41, 5.74) is 10.2. The van der Waals surface area contributed by atoms with Crippen molar-refractivity contribution in [1.82, 2.24) is 0 Å². The second-order valence-electron chi connectivity index (χ2n) is 1.79.